The molecule has 3 aromatic heterocycles. The normalized spacial score (nSPS) is 11.4. The molecule has 0 fully saturated rings. The van der Waals surface area contributed by atoms with Crippen molar-refractivity contribution >= 4 is 44.9 Å². The van der Waals surface area contributed by atoms with Gasteiger partial charge in [0.15, 0.2) is 17.5 Å². The van der Waals surface area contributed by atoms with E-state index in [2.05, 4.69) is 156 Å². The van der Waals surface area contributed by atoms with Crippen molar-refractivity contribution in [1.82, 2.24) is 24.1 Å². The third kappa shape index (κ3) is 6.32. The molecule has 0 bridgehead atoms. The second-order valence-electron chi connectivity index (χ2n) is 15.4. The van der Waals surface area contributed by atoms with Crippen LogP contribution in [-0.4, -0.2) is 24.1 Å². The summed E-state index contributed by atoms with van der Waals surface area (Å²) in [6, 6.07) is 70.1. The molecule has 292 valence electrons. The minimum atomic E-state index is 0.631. The molecule has 0 amide bonds. The van der Waals surface area contributed by atoms with Gasteiger partial charge in [-0.15, -0.1) is 0 Å². The minimum absolute atomic E-state index is 0.631. The van der Waals surface area contributed by atoms with Crippen molar-refractivity contribution in [1.29, 1.82) is 0 Å². The average Bonchev–Trinajstić information content (AvgIpc) is 3.86. The first-order valence-electron chi connectivity index (χ1n) is 20.8. The number of aromatic nitrogens is 5. The van der Waals surface area contributed by atoms with Crippen LogP contribution in [0.4, 0.5) is 0 Å². The molecule has 0 saturated heterocycles. The highest BCUT2D eigenvalue weighted by molar-refractivity contribution is 6.10. The van der Waals surface area contributed by atoms with E-state index in [9.17, 15) is 0 Å². The summed E-state index contributed by atoms with van der Waals surface area (Å²) in [4.78, 5) is 14.9. The lowest BCUT2D eigenvalue weighted by molar-refractivity contribution is 1.07. The highest BCUT2D eigenvalue weighted by atomic mass is 15.0. The van der Waals surface area contributed by atoms with E-state index in [-0.39, 0.29) is 0 Å². The Morgan fingerprint density at radius 2 is 0.790 bits per heavy atom. The molecule has 3 heterocycles. The van der Waals surface area contributed by atoms with Gasteiger partial charge in [-0.1, -0.05) is 159 Å². The van der Waals surface area contributed by atoms with E-state index >= 15 is 0 Å². The Balaban J connectivity index is 0.996. The molecule has 0 saturated carbocycles. The maximum atomic E-state index is 5.00. The van der Waals surface area contributed by atoms with Crippen molar-refractivity contribution in [3.8, 4) is 67.8 Å². The SMILES string of the molecule is C=Cc1c(C=C)n(-c2ccccc2)c2ccc(-c3cccc(-n4c5ccccc5c5cc(-c6cccc(-c7nc(-c8ccccc8)nc(-c8ccccc8)n7)c6)ccc54)c3)cc12. The second kappa shape index (κ2) is 15.3. The Morgan fingerprint density at radius 3 is 1.44 bits per heavy atom. The third-order valence-electron chi connectivity index (χ3n) is 11.7. The molecular weight excluding hydrogens is 755 g/mol. The Hall–Kier alpha value is -8.41. The van der Waals surface area contributed by atoms with Crippen LogP contribution in [0.1, 0.15) is 11.3 Å². The molecule has 0 spiro atoms. The van der Waals surface area contributed by atoms with Crippen molar-refractivity contribution in [3.05, 3.63) is 225 Å². The molecule has 5 heteroatoms. The van der Waals surface area contributed by atoms with Gasteiger partial charge in [-0.2, -0.15) is 0 Å². The standard InChI is InChI=1S/C57H39N5/c1-3-47-49-36-43(31-32-53(49)61(51(47)4-2)45-25-12-7-13-26-45)41-23-17-27-46(35-41)62-52-29-15-14-28-48(52)50-37-42(30-33-54(50)62)40-22-16-24-44(34-40)57-59-55(38-18-8-5-9-19-38)58-56(60-57)39-20-10-6-11-21-39/h3-37H,1-2H2. The zero-order valence-corrected chi connectivity index (χ0v) is 33.9. The van der Waals surface area contributed by atoms with Crippen LogP contribution in [0.5, 0.6) is 0 Å². The van der Waals surface area contributed by atoms with E-state index in [1.54, 1.807) is 0 Å². The first kappa shape index (κ1) is 36.7. The van der Waals surface area contributed by atoms with Crippen LogP contribution < -0.4 is 0 Å². The van der Waals surface area contributed by atoms with Gasteiger partial charge in [0.25, 0.3) is 0 Å². The van der Waals surface area contributed by atoms with Crippen molar-refractivity contribution in [2.24, 2.45) is 0 Å². The lowest BCUT2D eigenvalue weighted by atomic mass is 10.0. The molecule has 5 nitrogen and oxygen atoms in total. The Kier molecular flexibility index (Phi) is 9.06. The summed E-state index contributed by atoms with van der Waals surface area (Å²) in [5, 5.41) is 3.52. The summed E-state index contributed by atoms with van der Waals surface area (Å²) in [5.74, 6) is 1.92. The minimum Gasteiger partial charge on any atom is -0.309 e. The van der Waals surface area contributed by atoms with E-state index in [1.165, 1.54) is 10.8 Å². The van der Waals surface area contributed by atoms with Gasteiger partial charge in [-0.25, -0.2) is 15.0 Å². The van der Waals surface area contributed by atoms with Crippen LogP contribution in [0, 0.1) is 0 Å². The zero-order chi connectivity index (χ0) is 41.6. The lowest BCUT2D eigenvalue weighted by Crippen LogP contribution is -2.00. The Morgan fingerprint density at radius 1 is 0.323 bits per heavy atom. The maximum absolute atomic E-state index is 5.00. The molecule has 0 radical (unpaired) electrons. The summed E-state index contributed by atoms with van der Waals surface area (Å²) in [7, 11) is 0. The van der Waals surface area contributed by atoms with Gasteiger partial charge in [-0.3, -0.25) is 0 Å². The summed E-state index contributed by atoms with van der Waals surface area (Å²) >= 11 is 0. The number of benzene rings is 8. The number of para-hydroxylation sites is 2. The van der Waals surface area contributed by atoms with E-state index in [4.69, 9.17) is 15.0 Å². The van der Waals surface area contributed by atoms with Gasteiger partial charge < -0.3 is 9.13 Å². The van der Waals surface area contributed by atoms with Crippen molar-refractivity contribution < 1.29 is 0 Å². The van der Waals surface area contributed by atoms with Crippen molar-refractivity contribution in [2.75, 3.05) is 0 Å². The molecule has 0 aliphatic heterocycles. The zero-order valence-electron chi connectivity index (χ0n) is 33.9. The largest absolute Gasteiger partial charge is 0.309 e. The molecule has 0 unspecified atom stereocenters. The lowest BCUT2D eigenvalue weighted by Gasteiger charge is -2.12. The topological polar surface area (TPSA) is 48.5 Å². The molecule has 0 atom stereocenters. The maximum Gasteiger partial charge on any atom is 0.164 e. The van der Waals surface area contributed by atoms with Crippen LogP contribution in [0.25, 0.3) is 113 Å². The smallest absolute Gasteiger partial charge is 0.164 e. The van der Waals surface area contributed by atoms with Gasteiger partial charge in [-0.05, 0) is 89.0 Å². The summed E-state index contributed by atoms with van der Waals surface area (Å²) < 4.78 is 4.64. The first-order valence-corrected chi connectivity index (χ1v) is 20.8. The van der Waals surface area contributed by atoms with Gasteiger partial charge in [0.05, 0.1) is 22.2 Å². The molecule has 0 aliphatic carbocycles. The fourth-order valence-electron chi connectivity index (χ4n) is 8.82. The Labute approximate surface area is 359 Å². The highest BCUT2D eigenvalue weighted by Crippen LogP contribution is 2.38. The monoisotopic (exact) mass is 793 g/mol. The number of hydrogen-bond donors (Lipinski definition) is 0. The molecule has 11 aromatic rings. The predicted octanol–water partition coefficient (Wildman–Crippen LogP) is 14.5. The molecule has 11 rings (SSSR count). The summed E-state index contributed by atoms with van der Waals surface area (Å²) in [6.45, 7) is 8.38. The fraction of sp³-hybridized carbons (Fsp3) is 0. The van der Waals surface area contributed by atoms with E-state index in [0.717, 1.165) is 83.5 Å². The summed E-state index contributed by atoms with van der Waals surface area (Å²) in [5.41, 5.74) is 15.0. The summed E-state index contributed by atoms with van der Waals surface area (Å²) in [6.07, 6.45) is 3.87. The predicted molar refractivity (Wildman–Crippen MR) is 258 cm³/mol. The molecule has 8 aromatic carbocycles. The van der Waals surface area contributed by atoms with E-state index in [1.807, 2.05) is 78.9 Å². The van der Waals surface area contributed by atoms with E-state index in [0.29, 0.717) is 17.5 Å². The second-order valence-corrected chi connectivity index (χ2v) is 15.4. The van der Waals surface area contributed by atoms with E-state index < -0.39 is 0 Å². The van der Waals surface area contributed by atoms with Gasteiger partial charge >= 0.3 is 0 Å². The molecule has 62 heavy (non-hydrogen) atoms. The Bertz CT molecular complexity index is 3430. The van der Waals surface area contributed by atoms with Gasteiger partial charge in [0, 0.05) is 49.8 Å². The third-order valence-corrected chi connectivity index (χ3v) is 11.7. The number of nitrogens with zero attached hydrogens (tertiary/aromatic N) is 5. The quantitative estimate of drug-likeness (QED) is 0.146. The van der Waals surface area contributed by atoms with Crippen molar-refractivity contribution in [2.45, 2.75) is 0 Å². The number of fused-ring (bicyclic) bond motifs is 4. The van der Waals surface area contributed by atoms with Gasteiger partial charge in [0.1, 0.15) is 0 Å². The number of hydrogen-bond acceptors (Lipinski definition) is 3. The van der Waals surface area contributed by atoms with Crippen LogP contribution in [-0.2, 0) is 0 Å². The molecule has 0 aliphatic rings. The van der Waals surface area contributed by atoms with Crippen molar-refractivity contribution in [3.63, 3.8) is 0 Å². The number of rotatable bonds is 9. The average molecular weight is 794 g/mol. The van der Waals surface area contributed by atoms with Crippen LogP contribution in [0.2, 0.25) is 0 Å². The van der Waals surface area contributed by atoms with Gasteiger partial charge in [0.2, 0.25) is 0 Å². The molecule has 0 N–H and O–H groups in total. The molecular formula is C57H39N5. The highest BCUT2D eigenvalue weighted by Gasteiger charge is 2.18. The van der Waals surface area contributed by atoms with Crippen LogP contribution >= 0.6 is 0 Å². The van der Waals surface area contributed by atoms with Crippen LogP contribution in [0.3, 0.4) is 0 Å². The first-order chi connectivity index (χ1) is 30.6. The fourth-order valence-corrected chi connectivity index (χ4v) is 8.82. The van der Waals surface area contributed by atoms with Crippen LogP contribution in [0.15, 0.2) is 213 Å².